The number of nitrogens with one attached hydrogen (secondary N) is 3. The Morgan fingerprint density at radius 3 is 2.44 bits per heavy atom. The van der Waals surface area contributed by atoms with Crippen LogP contribution in [0.15, 0.2) is 59.4 Å². The Hall–Kier alpha value is -3.59. The van der Waals surface area contributed by atoms with Crippen molar-refractivity contribution >= 4 is 29.2 Å². The standard InChI is InChI=1S/C22H25ClN6O3/c1-2-3-9-14-29-22(32)28(20(27-29)16-10-5-4-6-11-16)15-19(30)25-26-21(31)24-18-13-8-7-12-17(18)23/h4-8,10-13H,2-3,9,14-15H2,1H3,(H,25,30)(H2,24,26,31). The number of anilines is 1. The van der Waals surface area contributed by atoms with E-state index in [2.05, 4.69) is 28.2 Å². The number of hydrazine groups is 1. The van der Waals surface area contributed by atoms with Crippen LogP contribution in [0.4, 0.5) is 10.5 Å². The fraction of sp³-hybridized carbons (Fsp3) is 0.273. The van der Waals surface area contributed by atoms with Gasteiger partial charge in [0.15, 0.2) is 5.82 Å². The van der Waals surface area contributed by atoms with E-state index < -0.39 is 11.9 Å². The van der Waals surface area contributed by atoms with Gasteiger partial charge in [-0.25, -0.2) is 19.7 Å². The average molecular weight is 457 g/mol. The van der Waals surface area contributed by atoms with Crippen LogP contribution in [-0.2, 0) is 17.9 Å². The first-order valence-corrected chi connectivity index (χ1v) is 10.7. The first-order valence-electron chi connectivity index (χ1n) is 10.3. The van der Waals surface area contributed by atoms with Crippen molar-refractivity contribution in [3.05, 3.63) is 70.1 Å². The zero-order valence-corrected chi connectivity index (χ0v) is 18.4. The van der Waals surface area contributed by atoms with Gasteiger partial charge in [0, 0.05) is 12.1 Å². The molecule has 0 bridgehead atoms. The molecule has 168 valence electrons. The number of aryl methyl sites for hydroxylation is 1. The molecular weight excluding hydrogens is 432 g/mol. The maximum atomic E-state index is 12.9. The number of amides is 3. The van der Waals surface area contributed by atoms with Crippen LogP contribution in [0.1, 0.15) is 26.2 Å². The number of hydrogen-bond donors (Lipinski definition) is 3. The Bertz CT molecular complexity index is 1130. The normalized spacial score (nSPS) is 10.6. The molecule has 32 heavy (non-hydrogen) atoms. The second-order valence-corrected chi connectivity index (χ2v) is 7.50. The summed E-state index contributed by atoms with van der Waals surface area (Å²) in [5.41, 5.74) is 5.29. The van der Waals surface area contributed by atoms with Crippen LogP contribution >= 0.6 is 11.6 Å². The molecule has 1 heterocycles. The maximum Gasteiger partial charge on any atom is 0.346 e. The van der Waals surface area contributed by atoms with Crippen LogP contribution in [0, 0.1) is 0 Å². The predicted octanol–water partition coefficient (Wildman–Crippen LogP) is 3.41. The van der Waals surface area contributed by atoms with Crippen molar-refractivity contribution in [2.75, 3.05) is 5.32 Å². The molecule has 0 fully saturated rings. The highest BCUT2D eigenvalue weighted by atomic mass is 35.5. The van der Waals surface area contributed by atoms with Crippen LogP contribution in [0.2, 0.25) is 5.02 Å². The highest BCUT2D eigenvalue weighted by molar-refractivity contribution is 6.33. The molecule has 0 aliphatic rings. The number of rotatable bonds is 8. The number of urea groups is 1. The molecule has 2 aromatic carbocycles. The van der Waals surface area contributed by atoms with E-state index in [1.807, 2.05) is 30.3 Å². The fourth-order valence-corrected chi connectivity index (χ4v) is 3.25. The van der Waals surface area contributed by atoms with E-state index in [-0.39, 0.29) is 12.2 Å². The third-order valence-corrected chi connectivity index (χ3v) is 5.00. The third kappa shape index (κ3) is 5.98. The quantitative estimate of drug-likeness (QED) is 0.356. The molecule has 0 radical (unpaired) electrons. The molecule has 0 aliphatic heterocycles. The van der Waals surface area contributed by atoms with Gasteiger partial charge in [-0.05, 0) is 18.6 Å². The Kier molecular flexibility index (Phi) is 8.04. The molecule has 0 spiro atoms. The van der Waals surface area contributed by atoms with E-state index in [1.54, 1.807) is 24.3 Å². The van der Waals surface area contributed by atoms with Gasteiger partial charge in [0.1, 0.15) is 6.54 Å². The molecule has 0 unspecified atom stereocenters. The Labute approximate surface area is 190 Å². The Morgan fingerprint density at radius 1 is 1.00 bits per heavy atom. The maximum absolute atomic E-state index is 12.9. The van der Waals surface area contributed by atoms with Gasteiger partial charge >= 0.3 is 11.7 Å². The minimum atomic E-state index is -0.669. The van der Waals surface area contributed by atoms with E-state index in [9.17, 15) is 14.4 Å². The first-order chi connectivity index (χ1) is 15.5. The second kappa shape index (κ2) is 11.1. The van der Waals surface area contributed by atoms with E-state index in [0.29, 0.717) is 23.1 Å². The summed E-state index contributed by atoms with van der Waals surface area (Å²) < 4.78 is 2.67. The molecule has 10 heteroatoms. The van der Waals surface area contributed by atoms with Crippen molar-refractivity contribution in [1.29, 1.82) is 0 Å². The molecule has 1 aromatic heterocycles. The molecule has 0 saturated carbocycles. The van der Waals surface area contributed by atoms with Crippen molar-refractivity contribution in [3.63, 3.8) is 0 Å². The molecule has 3 N–H and O–H groups in total. The third-order valence-electron chi connectivity index (χ3n) is 4.67. The van der Waals surface area contributed by atoms with Crippen molar-refractivity contribution < 1.29 is 9.59 Å². The minimum absolute atomic E-state index is 0.302. The van der Waals surface area contributed by atoms with Crippen molar-refractivity contribution in [2.24, 2.45) is 0 Å². The lowest BCUT2D eigenvalue weighted by molar-refractivity contribution is -0.122. The van der Waals surface area contributed by atoms with Gasteiger partial charge < -0.3 is 5.32 Å². The Morgan fingerprint density at radius 2 is 1.72 bits per heavy atom. The highest BCUT2D eigenvalue weighted by Gasteiger charge is 2.18. The largest absolute Gasteiger partial charge is 0.346 e. The van der Waals surface area contributed by atoms with Crippen LogP contribution in [0.25, 0.3) is 11.4 Å². The van der Waals surface area contributed by atoms with Gasteiger partial charge in [0.2, 0.25) is 0 Å². The summed E-state index contributed by atoms with van der Waals surface area (Å²) in [5.74, 6) is -0.186. The first kappa shape index (κ1) is 23.1. The molecule has 0 atom stereocenters. The molecular formula is C22H25ClN6O3. The molecule has 3 aromatic rings. The summed E-state index contributed by atoms with van der Waals surface area (Å²) in [6.45, 7) is 2.25. The smallest absolute Gasteiger partial charge is 0.305 e. The minimum Gasteiger partial charge on any atom is -0.305 e. The van der Waals surface area contributed by atoms with Crippen LogP contribution < -0.4 is 21.9 Å². The lowest BCUT2D eigenvalue weighted by atomic mass is 10.2. The number of halogens is 1. The number of benzene rings is 2. The van der Waals surface area contributed by atoms with Crippen molar-refractivity contribution in [3.8, 4) is 11.4 Å². The number of unbranched alkanes of at least 4 members (excludes halogenated alkanes) is 2. The van der Waals surface area contributed by atoms with E-state index >= 15 is 0 Å². The Balaban J connectivity index is 1.69. The zero-order chi connectivity index (χ0) is 22.9. The number of para-hydroxylation sites is 1. The summed E-state index contributed by atoms with van der Waals surface area (Å²) in [7, 11) is 0. The van der Waals surface area contributed by atoms with Crippen LogP contribution in [-0.4, -0.2) is 26.3 Å². The molecule has 9 nitrogen and oxygen atoms in total. The summed E-state index contributed by atoms with van der Waals surface area (Å²) in [4.78, 5) is 37.4. The number of carbonyl (C=O) groups excluding carboxylic acids is 2. The van der Waals surface area contributed by atoms with E-state index in [1.165, 1.54) is 9.25 Å². The number of nitrogens with zero attached hydrogens (tertiary/aromatic N) is 3. The average Bonchev–Trinajstić information content (AvgIpc) is 3.10. The van der Waals surface area contributed by atoms with Crippen molar-refractivity contribution in [1.82, 2.24) is 25.2 Å². The topological polar surface area (TPSA) is 110 Å². The summed E-state index contributed by atoms with van der Waals surface area (Å²) in [6.07, 6.45) is 2.81. The summed E-state index contributed by atoms with van der Waals surface area (Å²) in [6, 6.07) is 15.2. The summed E-state index contributed by atoms with van der Waals surface area (Å²) in [5, 5.41) is 7.33. The lowest BCUT2D eigenvalue weighted by Crippen LogP contribution is -2.46. The van der Waals surface area contributed by atoms with E-state index in [4.69, 9.17) is 11.6 Å². The number of aromatic nitrogens is 3. The molecule has 3 amide bonds. The highest BCUT2D eigenvalue weighted by Crippen LogP contribution is 2.20. The zero-order valence-electron chi connectivity index (χ0n) is 17.7. The van der Waals surface area contributed by atoms with Crippen LogP contribution in [0.3, 0.4) is 0 Å². The number of hydrogen-bond acceptors (Lipinski definition) is 4. The van der Waals surface area contributed by atoms with E-state index in [0.717, 1.165) is 24.8 Å². The van der Waals surface area contributed by atoms with Gasteiger partial charge in [-0.1, -0.05) is 73.8 Å². The summed E-state index contributed by atoms with van der Waals surface area (Å²) >= 11 is 6.00. The molecule has 0 aliphatic carbocycles. The second-order valence-electron chi connectivity index (χ2n) is 7.10. The van der Waals surface area contributed by atoms with Gasteiger partial charge in [-0.15, -0.1) is 5.10 Å². The monoisotopic (exact) mass is 456 g/mol. The van der Waals surface area contributed by atoms with Crippen molar-refractivity contribution in [2.45, 2.75) is 39.3 Å². The van der Waals surface area contributed by atoms with Gasteiger partial charge in [0.05, 0.1) is 10.7 Å². The van der Waals surface area contributed by atoms with Gasteiger partial charge in [-0.2, -0.15) is 0 Å². The van der Waals surface area contributed by atoms with Gasteiger partial charge in [-0.3, -0.25) is 14.8 Å². The fourth-order valence-electron chi connectivity index (χ4n) is 3.07. The SMILES string of the molecule is CCCCCn1nc(-c2ccccc2)n(CC(=O)NNC(=O)Nc2ccccc2Cl)c1=O. The molecule has 0 saturated heterocycles. The molecule has 3 rings (SSSR count). The predicted molar refractivity (Wildman–Crippen MR) is 123 cm³/mol. The van der Waals surface area contributed by atoms with Crippen LogP contribution in [0.5, 0.6) is 0 Å². The number of carbonyl (C=O) groups is 2. The van der Waals surface area contributed by atoms with Gasteiger partial charge in [0.25, 0.3) is 5.91 Å². The lowest BCUT2D eigenvalue weighted by Gasteiger charge is -2.10.